The zero-order valence-corrected chi connectivity index (χ0v) is 17.2. The van der Waals surface area contributed by atoms with Crippen molar-refractivity contribution in [3.05, 3.63) is 45.7 Å². The highest BCUT2D eigenvalue weighted by Crippen LogP contribution is 2.54. The highest BCUT2D eigenvalue weighted by Gasteiger charge is 2.62. The van der Waals surface area contributed by atoms with Gasteiger partial charge in [-0.3, -0.25) is 14.7 Å². The van der Waals surface area contributed by atoms with E-state index >= 15 is 0 Å². The van der Waals surface area contributed by atoms with E-state index in [2.05, 4.69) is 20.2 Å². The molecule has 1 N–H and O–H groups in total. The van der Waals surface area contributed by atoms with Gasteiger partial charge >= 0.3 is 0 Å². The summed E-state index contributed by atoms with van der Waals surface area (Å²) in [5, 5.41) is 6.38. The molecule has 2 aromatic rings. The number of carbonyl (C=O) groups is 1. The minimum Gasteiger partial charge on any atom is -0.370 e. The van der Waals surface area contributed by atoms with E-state index in [1.807, 2.05) is 37.6 Å². The van der Waals surface area contributed by atoms with E-state index < -0.39 is 0 Å². The molecule has 2 aromatic heterocycles. The number of hydrogen-bond donors (Lipinski definition) is 1. The first-order valence-corrected chi connectivity index (χ1v) is 10.9. The number of rotatable bonds is 5. The molecule has 0 unspecified atom stereocenters. The standard InChI is InChI=1S/C21H26N4O2S/c1-13-7-15(8-14(2)24-13)20(26)23-9-16-17-10-25(11-19-22-5-6-28-19)12-21(17)4-3-18(16)27-21/h5-8,16-18H,3-4,9-12H2,1-2H3,(H,23,26)/t16-,17+,18+,21+/m0/s1. The molecule has 0 aromatic carbocycles. The molecule has 7 heteroatoms. The smallest absolute Gasteiger partial charge is 0.251 e. The first-order chi connectivity index (χ1) is 13.5. The lowest BCUT2D eigenvalue weighted by Gasteiger charge is -2.29. The average molecular weight is 399 g/mol. The number of nitrogens with one attached hydrogen (secondary N) is 1. The second kappa shape index (κ2) is 6.90. The fourth-order valence-corrected chi connectivity index (χ4v) is 6.14. The van der Waals surface area contributed by atoms with E-state index in [1.54, 1.807) is 11.3 Å². The molecule has 6 nitrogen and oxygen atoms in total. The van der Waals surface area contributed by atoms with Gasteiger partial charge < -0.3 is 10.1 Å². The molecule has 5 heterocycles. The zero-order chi connectivity index (χ0) is 19.3. The predicted molar refractivity (Wildman–Crippen MR) is 107 cm³/mol. The first kappa shape index (κ1) is 18.2. The monoisotopic (exact) mass is 398 g/mol. The lowest BCUT2D eigenvalue weighted by Crippen LogP contribution is -2.41. The average Bonchev–Trinajstić information content (AvgIpc) is 3.40. The molecule has 1 amide bonds. The minimum atomic E-state index is -0.0127. The quantitative estimate of drug-likeness (QED) is 0.838. The number of nitrogens with zero attached hydrogens (tertiary/aromatic N) is 3. The van der Waals surface area contributed by atoms with Crippen LogP contribution >= 0.6 is 11.3 Å². The fourth-order valence-electron chi connectivity index (χ4n) is 5.48. The summed E-state index contributed by atoms with van der Waals surface area (Å²) < 4.78 is 6.50. The third kappa shape index (κ3) is 3.15. The van der Waals surface area contributed by atoms with Crippen LogP contribution < -0.4 is 5.32 Å². The van der Waals surface area contributed by atoms with Crippen molar-refractivity contribution in [2.45, 2.75) is 44.9 Å². The van der Waals surface area contributed by atoms with Crippen LogP contribution in [0.1, 0.15) is 39.6 Å². The van der Waals surface area contributed by atoms with Gasteiger partial charge in [0.05, 0.1) is 18.2 Å². The SMILES string of the molecule is Cc1cc(C(=O)NC[C@H]2[C@H]3CN(Cc4nccs4)C[C@]34CC[C@H]2O4)cc(C)n1. The Morgan fingerprint density at radius 2 is 2.21 bits per heavy atom. The van der Waals surface area contributed by atoms with Crippen LogP contribution in [-0.2, 0) is 11.3 Å². The number of ether oxygens (including phenoxy) is 1. The zero-order valence-electron chi connectivity index (χ0n) is 16.4. The molecule has 148 valence electrons. The molecule has 1 spiro atoms. The number of amides is 1. The molecule has 5 rings (SSSR count). The summed E-state index contributed by atoms with van der Waals surface area (Å²) >= 11 is 1.71. The van der Waals surface area contributed by atoms with Gasteiger partial charge in [-0.1, -0.05) is 0 Å². The molecule has 4 atom stereocenters. The lowest BCUT2D eigenvalue weighted by atomic mass is 9.73. The molecular weight excluding hydrogens is 372 g/mol. The first-order valence-electron chi connectivity index (χ1n) is 10.0. The minimum absolute atomic E-state index is 0.0111. The van der Waals surface area contributed by atoms with Crippen LogP contribution in [0.2, 0.25) is 0 Å². The van der Waals surface area contributed by atoms with Gasteiger partial charge in [0.15, 0.2) is 0 Å². The molecule has 3 aliphatic heterocycles. The third-order valence-electron chi connectivity index (χ3n) is 6.54. The van der Waals surface area contributed by atoms with Crippen molar-refractivity contribution >= 4 is 17.2 Å². The topological polar surface area (TPSA) is 67.4 Å². The summed E-state index contributed by atoms with van der Waals surface area (Å²) in [5.41, 5.74) is 2.43. The van der Waals surface area contributed by atoms with Crippen LogP contribution in [-0.4, -0.2) is 52.1 Å². The summed E-state index contributed by atoms with van der Waals surface area (Å²) in [6.45, 7) is 7.45. The largest absolute Gasteiger partial charge is 0.370 e. The van der Waals surface area contributed by atoms with Gasteiger partial charge in [-0.15, -0.1) is 11.3 Å². The van der Waals surface area contributed by atoms with Crippen LogP contribution in [0, 0.1) is 25.7 Å². The predicted octanol–water partition coefficient (Wildman–Crippen LogP) is 2.56. The Balaban J connectivity index is 1.25. The summed E-state index contributed by atoms with van der Waals surface area (Å²) in [4.78, 5) is 24.0. The Bertz CT molecular complexity index is 866. The molecule has 3 fully saturated rings. The van der Waals surface area contributed by atoms with Gasteiger partial charge in [-0.25, -0.2) is 4.98 Å². The number of carbonyl (C=O) groups excluding carboxylic acids is 1. The van der Waals surface area contributed by atoms with Gasteiger partial charge in [-0.05, 0) is 38.8 Å². The number of thiazole rings is 1. The van der Waals surface area contributed by atoms with Gasteiger partial charge in [0.2, 0.25) is 0 Å². The lowest BCUT2D eigenvalue weighted by molar-refractivity contribution is 0.00212. The maximum atomic E-state index is 12.7. The van der Waals surface area contributed by atoms with Crippen molar-refractivity contribution in [3.8, 4) is 0 Å². The Hall–Kier alpha value is -1.83. The van der Waals surface area contributed by atoms with Gasteiger partial charge in [0.1, 0.15) is 5.01 Å². The van der Waals surface area contributed by atoms with Crippen molar-refractivity contribution in [2.24, 2.45) is 11.8 Å². The van der Waals surface area contributed by atoms with E-state index in [0.717, 1.165) is 43.9 Å². The van der Waals surface area contributed by atoms with Crippen LogP contribution in [0.5, 0.6) is 0 Å². The molecule has 0 saturated carbocycles. The summed E-state index contributed by atoms with van der Waals surface area (Å²) in [7, 11) is 0. The number of fused-ring (bicyclic) bond motifs is 1. The summed E-state index contributed by atoms with van der Waals surface area (Å²) in [6, 6.07) is 3.71. The van der Waals surface area contributed by atoms with Gasteiger partial charge in [0, 0.05) is 60.0 Å². The van der Waals surface area contributed by atoms with E-state index in [4.69, 9.17) is 4.74 Å². The second-order valence-corrected chi connectivity index (χ2v) is 9.45. The fraction of sp³-hybridized carbons (Fsp3) is 0.571. The van der Waals surface area contributed by atoms with E-state index in [1.165, 1.54) is 5.01 Å². The van der Waals surface area contributed by atoms with E-state index in [9.17, 15) is 4.79 Å². The number of aryl methyl sites for hydroxylation is 2. The highest BCUT2D eigenvalue weighted by atomic mass is 32.1. The van der Waals surface area contributed by atoms with Crippen molar-refractivity contribution in [1.29, 1.82) is 0 Å². The van der Waals surface area contributed by atoms with E-state index in [0.29, 0.717) is 23.9 Å². The van der Waals surface area contributed by atoms with Crippen LogP contribution in [0.4, 0.5) is 0 Å². The number of hydrogen-bond acceptors (Lipinski definition) is 6. The molecular formula is C21H26N4O2S. The van der Waals surface area contributed by atoms with Gasteiger partial charge in [0.25, 0.3) is 5.91 Å². The Kier molecular flexibility index (Phi) is 4.49. The number of aromatic nitrogens is 2. The number of pyridine rings is 1. The summed E-state index contributed by atoms with van der Waals surface area (Å²) in [5.74, 6) is 0.874. The van der Waals surface area contributed by atoms with Crippen molar-refractivity contribution in [3.63, 3.8) is 0 Å². The molecule has 2 bridgehead atoms. The summed E-state index contributed by atoms with van der Waals surface area (Å²) in [6.07, 6.45) is 4.41. The maximum Gasteiger partial charge on any atom is 0.251 e. The van der Waals surface area contributed by atoms with E-state index in [-0.39, 0.29) is 17.6 Å². The van der Waals surface area contributed by atoms with Crippen molar-refractivity contribution in [2.75, 3.05) is 19.6 Å². The van der Waals surface area contributed by atoms with Gasteiger partial charge in [-0.2, -0.15) is 0 Å². The molecule has 0 radical (unpaired) electrons. The molecule has 3 saturated heterocycles. The van der Waals surface area contributed by atoms with Crippen molar-refractivity contribution < 1.29 is 9.53 Å². The third-order valence-corrected chi connectivity index (χ3v) is 7.30. The van der Waals surface area contributed by atoms with Crippen molar-refractivity contribution in [1.82, 2.24) is 20.2 Å². The second-order valence-electron chi connectivity index (χ2n) is 8.47. The Morgan fingerprint density at radius 1 is 1.39 bits per heavy atom. The molecule has 0 aliphatic carbocycles. The van der Waals surface area contributed by atoms with Crippen LogP contribution in [0.15, 0.2) is 23.7 Å². The Labute approximate surface area is 169 Å². The molecule has 28 heavy (non-hydrogen) atoms. The maximum absolute atomic E-state index is 12.7. The van der Waals surface area contributed by atoms with Crippen LogP contribution in [0.25, 0.3) is 0 Å². The Morgan fingerprint density at radius 3 is 2.96 bits per heavy atom. The van der Waals surface area contributed by atoms with Crippen LogP contribution in [0.3, 0.4) is 0 Å². The molecule has 3 aliphatic rings. The number of likely N-dealkylation sites (tertiary alicyclic amines) is 1. The normalized spacial score (nSPS) is 31.3. The highest BCUT2D eigenvalue weighted by molar-refractivity contribution is 7.09.